The normalized spacial score (nSPS) is 26.3. The largest absolute Gasteiger partial charge is 0.455 e. The Balaban J connectivity index is 1.56. The van der Waals surface area contributed by atoms with E-state index in [0.717, 1.165) is 5.56 Å². The first-order valence-electron chi connectivity index (χ1n) is 17.6. The van der Waals surface area contributed by atoms with Gasteiger partial charge in [-0.2, -0.15) is 0 Å². The first kappa shape index (κ1) is 39.7. The molecule has 2 aromatic rings. The number of methoxy groups -OCH3 is 1. The molecule has 3 saturated heterocycles. The minimum Gasteiger partial charge on any atom is -0.455 e. The number of amides is 3. The molecule has 3 fully saturated rings. The van der Waals surface area contributed by atoms with Gasteiger partial charge in [0, 0.05) is 24.9 Å². The van der Waals surface area contributed by atoms with Crippen molar-refractivity contribution in [3.05, 3.63) is 90.0 Å². The molecule has 0 saturated carbocycles. The van der Waals surface area contributed by atoms with Crippen LogP contribution in [0.5, 0.6) is 0 Å². The number of para-hydroxylation sites is 1. The van der Waals surface area contributed by atoms with E-state index in [1.807, 2.05) is 26.0 Å². The molecule has 3 amide bonds. The molecule has 11 nitrogen and oxygen atoms in total. The SMILES string of the molecule is C=CCCC(=O)N[C@@H](COC)[C@@H](OC(=O)[C@H]1[C@@H]2O[C@@]3(CC2Br)[C@@H]1C(=O)N([C@@H](CC)CO)[C@@H]3C(=O)N(CC=C)c1c(C)cccc1Cl)c1ccccc1. The predicted molar refractivity (Wildman–Crippen MR) is 201 cm³/mol. The average Bonchev–Trinajstić information content (AvgIpc) is 3.73. The van der Waals surface area contributed by atoms with Crippen LogP contribution in [-0.2, 0) is 33.4 Å². The van der Waals surface area contributed by atoms with Gasteiger partial charge in [-0.25, -0.2) is 0 Å². The zero-order valence-electron chi connectivity index (χ0n) is 29.7. The number of esters is 1. The molecule has 3 heterocycles. The number of carbonyl (C=O) groups excluding carboxylic acids is 4. The number of allylic oxidation sites excluding steroid dienone is 1. The van der Waals surface area contributed by atoms with Gasteiger partial charge in [0.05, 0.1) is 53.9 Å². The van der Waals surface area contributed by atoms with Gasteiger partial charge in [-0.1, -0.05) is 89.1 Å². The number of aliphatic hydroxyl groups excluding tert-OH is 1. The number of ether oxygens (including phenoxy) is 3. The first-order valence-corrected chi connectivity index (χ1v) is 18.9. The van der Waals surface area contributed by atoms with Crippen LogP contribution in [0.25, 0.3) is 0 Å². The van der Waals surface area contributed by atoms with Crippen LogP contribution in [0, 0.1) is 18.8 Å². The number of anilines is 1. The van der Waals surface area contributed by atoms with Crippen molar-refractivity contribution in [1.29, 1.82) is 0 Å². The molecule has 2 aromatic carbocycles. The van der Waals surface area contributed by atoms with Gasteiger partial charge >= 0.3 is 5.97 Å². The van der Waals surface area contributed by atoms with E-state index in [9.17, 15) is 19.5 Å². The van der Waals surface area contributed by atoms with Crippen molar-refractivity contribution >= 4 is 56.9 Å². The highest BCUT2D eigenvalue weighted by molar-refractivity contribution is 9.09. The molecule has 0 radical (unpaired) electrons. The summed E-state index contributed by atoms with van der Waals surface area (Å²) in [5, 5.41) is 13.8. The molecular weight excluding hydrogens is 754 g/mol. The number of hydrogen-bond donors (Lipinski definition) is 2. The third-order valence-corrected chi connectivity index (χ3v) is 11.5. The minimum absolute atomic E-state index is 0.0320. The molecule has 2 bridgehead atoms. The smallest absolute Gasteiger partial charge is 0.313 e. The average molecular weight is 801 g/mol. The zero-order chi connectivity index (χ0) is 37.7. The maximum absolute atomic E-state index is 15.0. The fraction of sp³-hybridized carbons (Fsp3) is 0.487. The number of likely N-dealkylation sites (tertiary alicyclic amines) is 1. The number of benzene rings is 2. The Morgan fingerprint density at radius 2 is 1.92 bits per heavy atom. The lowest BCUT2D eigenvalue weighted by Crippen LogP contribution is -2.59. The highest BCUT2D eigenvalue weighted by Gasteiger charge is 2.77. The van der Waals surface area contributed by atoms with Crippen molar-refractivity contribution in [2.24, 2.45) is 11.8 Å². The Labute approximate surface area is 318 Å². The van der Waals surface area contributed by atoms with Gasteiger partial charge in [0.2, 0.25) is 11.8 Å². The lowest BCUT2D eigenvalue weighted by atomic mass is 9.70. The van der Waals surface area contributed by atoms with Gasteiger partial charge in [0.1, 0.15) is 17.7 Å². The van der Waals surface area contributed by atoms with Crippen LogP contribution in [0.2, 0.25) is 5.02 Å². The topological polar surface area (TPSA) is 135 Å². The second kappa shape index (κ2) is 17.1. The van der Waals surface area contributed by atoms with Gasteiger partial charge in [0.25, 0.3) is 5.91 Å². The second-order valence-electron chi connectivity index (χ2n) is 13.5. The Bertz CT molecular complexity index is 1640. The first-order chi connectivity index (χ1) is 25.0. The van der Waals surface area contributed by atoms with Crippen LogP contribution in [0.1, 0.15) is 49.8 Å². The Hall–Kier alpha value is -3.55. The summed E-state index contributed by atoms with van der Waals surface area (Å²) in [5.74, 6) is -4.11. The highest BCUT2D eigenvalue weighted by Crippen LogP contribution is 2.61. The van der Waals surface area contributed by atoms with Crippen LogP contribution in [0.3, 0.4) is 0 Å². The molecule has 13 heteroatoms. The number of hydrogen-bond acceptors (Lipinski definition) is 8. The molecular formula is C39H47BrClN3O8. The number of halogens is 2. The molecule has 0 aliphatic carbocycles. The van der Waals surface area contributed by atoms with E-state index >= 15 is 4.79 Å². The van der Waals surface area contributed by atoms with E-state index in [1.54, 1.807) is 48.6 Å². The van der Waals surface area contributed by atoms with Crippen LogP contribution in [0.15, 0.2) is 73.8 Å². The van der Waals surface area contributed by atoms with E-state index in [4.69, 9.17) is 25.8 Å². The predicted octanol–water partition coefficient (Wildman–Crippen LogP) is 5.07. The number of rotatable bonds is 17. The number of nitrogens with one attached hydrogen (secondary N) is 1. The Morgan fingerprint density at radius 1 is 1.19 bits per heavy atom. The van der Waals surface area contributed by atoms with Crippen molar-refractivity contribution in [2.45, 2.75) is 80.3 Å². The third kappa shape index (κ3) is 7.33. The van der Waals surface area contributed by atoms with Crippen molar-refractivity contribution in [2.75, 3.05) is 31.8 Å². The molecule has 280 valence electrons. The summed E-state index contributed by atoms with van der Waals surface area (Å²) in [5.41, 5.74) is 0.403. The van der Waals surface area contributed by atoms with E-state index in [1.165, 1.54) is 16.9 Å². The van der Waals surface area contributed by atoms with Gasteiger partial charge in [-0.05, 0) is 43.4 Å². The van der Waals surface area contributed by atoms with Crippen LogP contribution in [-0.4, -0.2) is 95.2 Å². The molecule has 3 aliphatic heterocycles. The Morgan fingerprint density at radius 3 is 2.54 bits per heavy atom. The monoisotopic (exact) mass is 799 g/mol. The summed E-state index contributed by atoms with van der Waals surface area (Å²) in [6.45, 7) is 10.9. The molecule has 3 aliphatic rings. The number of carbonyl (C=O) groups is 4. The minimum atomic E-state index is -1.43. The zero-order valence-corrected chi connectivity index (χ0v) is 32.1. The van der Waals surface area contributed by atoms with E-state index < -0.39 is 77.0 Å². The number of alkyl halides is 1. The summed E-state index contributed by atoms with van der Waals surface area (Å²) >= 11 is 10.4. The molecule has 2 N–H and O–H groups in total. The van der Waals surface area contributed by atoms with Gasteiger partial charge in [-0.15, -0.1) is 13.2 Å². The van der Waals surface area contributed by atoms with E-state index in [2.05, 4.69) is 34.4 Å². The Kier molecular flexibility index (Phi) is 13.0. The molecule has 0 aromatic heterocycles. The van der Waals surface area contributed by atoms with Crippen LogP contribution in [0.4, 0.5) is 5.69 Å². The summed E-state index contributed by atoms with van der Waals surface area (Å²) in [6.07, 6.45) is 2.69. The lowest BCUT2D eigenvalue weighted by Gasteiger charge is -2.39. The van der Waals surface area contributed by atoms with Crippen molar-refractivity contribution in [3.63, 3.8) is 0 Å². The molecule has 9 atom stereocenters. The fourth-order valence-corrected chi connectivity index (χ4v) is 9.35. The molecule has 5 rings (SSSR count). The van der Waals surface area contributed by atoms with Gasteiger partial charge in [0.15, 0.2) is 0 Å². The summed E-state index contributed by atoms with van der Waals surface area (Å²) in [7, 11) is 1.49. The molecule has 1 unspecified atom stereocenters. The van der Waals surface area contributed by atoms with Crippen molar-refractivity contribution in [1.82, 2.24) is 10.2 Å². The number of aliphatic hydroxyl groups is 1. The summed E-state index contributed by atoms with van der Waals surface area (Å²) < 4.78 is 18.5. The molecule has 1 spiro atoms. The van der Waals surface area contributed by atoms with Crippen LogP contribution < -0.4 is 10.2 Å². The third-order valence-electron chi connectivity index (χ3n) is 10.3. The van der Waals surface area contributed by atoms with Crippen LogP contribution >= 0.6 is 27.5 Å². The lowest BCUT2D eigenvalue weighted by molar-refractivity contribution is -0.163. The second-order valence-corrected chi connectivity index (χ2v) is 15.1. The number of nitrogens with zero attached hydrogens (tertiary/aromatic N) is 2. The fourth-order valence-electron chi connectivity index (χ4n) is 8.08. The standard InChI is InChI=1S/C39H47BrClN3O8/c1-6-9-18-29(46)42-28(22-50-5)33(24-15-11-10-12-16-24)51-38(49)30-31-36(47)44(25(8-3)21-45)35(39(31)20-26(40)34(30)52-39)37(48)43(19-7-2)32-23(4)14-13-17-27(32)41/h6-7,10-17,25-26,28,30-31,33-35,45H,1-2,8-9,18-22H2,3-5H3,(H,42,46)/t25-,26?,28-,30+,31-,33-,34+,35+,39-/m0/s1. The van der Waals surface area contributed by atoms with Gasteiger partial charge < -0.3 is 34.4 Å². The van der Waals surface area contributed by atoms with Crippen molar-refractivity contribution < 1.29 is 38.5 Å². The quantitative estimate of drug-likeness (QED) is 0.129. The van der Waals surface area contributed by atoms with Crippen molar-refractivity contribution in [3.8, 4) is 0 Å². The van der Waals surface area contributed by atoms with Gasteiger partial charge in [-0.3, -0.25) is 19.2 Å². The maximum atomic E-state index is 15.0. The maximum Gasteiger partial charge on any atom is 0.313 e. The number of aryl methyl sites for hydroxylation is 1. The summed E-state index contributed by atoms with van der Waals surface area (Å²) in [4.78, 5) is 59.8. The van der Waals surface area contributed by atoms with E-state index in [0.29, 0.717) is 29.1 Å². The summed E-state index contributed by atoms with van der Waals surface area (Å²) in [6, 6.07) is 11.6. The van der Waals surface area contributed by atoms with E-state index in [-0.39, 0.29) is 31.9 Å². The number of fused-ring (bicyclic) bond motifs is 1. The molecule has 52 heavy (non-hydrogen) atoms. The highest BCUT2D eigenvalue weighted by atomic mass is 79.9.